The van der Waals surface area contributed by atoms with E-state index in [0.717, 1.165) is 5.69 Å². The molecule has 0 bridgehead atoms. The molecule has 0 unspecified atom stereocenters. The van der Waals surface area contributed by atoms with Crippen molar-refractivity contribution in [3.8, 4) is 34.3 Å². The van der Waals surface area contributed by atoms with Gasteiger partial charge in [-0.05, 0) is 45.0 Å². The second kappa shape index (κ2) is 6.66. The number of benzene rings is 2. The number of ether oxygens (including phenoxy) is 2. The van der Waals surface area contributed by atoms with Crippen molar-refractivity contribution in [1.82, 2.24) is 10.2 Å². The highest BCUT2D eigenvalue weighted by Gasteiger charge is 2.20. The summed E-state index contributed by atoms with van der Waals surface area (Å²) >= 11 is 0. The minimum absolute atomic E-state index is 0.144. The van der Waals surface area contributed by atoms with Crippen molar-refractivity contribution in [3.63, 3.8) is 0 Å². The molecule has 1 heterocycles. The molecular formula is C19H20N2O3. The Balaban J connectivity index is 2.03. The summed E-state index contributed by atoms with van der Waals surface area (Å²) in [6.07, 6.45) is 0. The lowest BCUT2D eigenvalue weighted by Crippen LogP contribution is -1.95. The zero-order valence-corrected chi connectivity index (χ0v) is 14.0. The van der Waals surface area contributed by atoms with Gasteiger partial charge in [-0.15, -0.1) is 0 Å². The Hall–Kier alpha value is -2.95. The van der Waals surface area contributed by atoms with Crippen LogP contribution in [0.2, 0.25) is 0 Å². The van der Waals surface area contributed by atoms with Gasteiger partial charge in [-0.2, -0.15) is 5.10 Å². The van der Waals surface area contributed by atoms with Crippen LogP contribution in [-0.2, 0) is 0 Å². The van der Waals surface area contributed by atoms with Crippen LogP contribution in [0.3, 0.4) is 0 Å². The molecule has 0 aliphatic rings. The van der Waals surface area contributed by atoms with Crippen molar-refractivity contribution >= 4 is 0 Å². The maximum Gasteiger partial charge on any atom is 0.176 e. The lowest BCUT2D eigenvalue weighted by atomic mass is 10.0. The number of H-pyrrole nitrogens is 1. The smallest absolute Gasteiger partial charge is 0.176 e. The van der Waals surface area contributed by atoms with Crippen LogP contribution in [0.5, 0.6) is 23.0 Å². The predicted octanol–water partition coefficient (Wildman–Crippen LogP) is 4.59. The van der Waals surface area contributed by atoms with Gasteiger partial charge in [0.25, 0.3) is 0 Å². The molecule has 0 aliphatic carbocycles. The Kier molecular flexibility index (Phi) is 4.42. The van der Waals surface area contributed by atoms with Crippen LogP contribution in [0.1, 0.15) is 18.2 Å². The third-order valence-corrected chi connectivity index (χ3v) is 3.79. The summed E-state index contributed by atoms with van der Waals surface area (Å²) in [6.45, 7) is 6.16. The number of nitrogens with one attached hydrogen (secondary N) is 1. The summed E-state index contributed by atoms with van der Waals surface area (Å²) < 4.78 is 11.5. The Bertz CT molecular complexity index is 841. The van der Waals surface area contributed by atoms with Gasteiger partial charge < -0.3 is 14.6 Å². The molecule has 0 amide bonds. The highest BCUT2D eigenvalue weighted by atomic mass is 16.5. The van der Waals surface area contributed by atoms with Gasteiger partial charge in [0.1, 0.15) is 22.9 Å². The molecule has 5 heteroatoms. The number of aromatic hydroxyl groups is 1. The number of phenolic OH excluding ortho intramolecular Hbond substituents is 1. The van der Waals surface area contributed by atoms with Crippen LogP contribution in [-0.4, -0.2) is 21.9 Å². The number of hydrogen-bond donors (Lipinski definition) is 2. The zero-order chi connectivity index (χ0) is 17.1. The first-order valence-electron chi connectivity index (χ1n) is 7.85. The number of aryl methyl sites for hydroxylation is 1. The van der Waals surface area contributed by atoms with Crippen LogP contribution in [0.4, 0.5) is 0 Å². The SMILES string of the molecule is CCOc1ccc(-c2n[nH]c(C)c2Oc2ccccc2)c(O)c1C. The molecule has 3 rings (SSSR count). The van der Waals surface area contributed by atoms with E-state index >= 15 is 0 Å². The summed E-state index contributed by atoms with van der Waals surface area (Å²) in [5.74, 6) is 2.12. The van der Waals surface area contributed by atoms with Crippen LogP contribution in [0.15, 0.2) is 42.5 Å². The van der Waals surface area contributed by atoms with Gasteiger partial charge in [0.2, 0.25) is 0 Å². The monoisotopic (exact) mass is 324 g/mol. The number of aromatic nitrogens is 2. The molecule has 0 aliphatic heterocycles. The van der Waals surface area contributed by atoms with Crippen LogP contribution in [0, 0.1) is 13.8 Å². The number of rotatable bonds is 5. The standard InChI is InChI=1S/C19H20N2O3/c1-4-23-16-11-10-15(18(22)12(16)2)17-19(13(3)20-21-17)24-14-8-6-5-7-9-14/h5-11,22H,4H2,1-3H3,(H,20,21). The fourth-order valence-corrected chi connectivity index (χ4v) is 2.52. The molecule has 5 nitrogen and oxygen atoms in total. The van der Waals surface area contributed by atoms with Crippen molar-refractivity contribution in [2.24, 2.45) is 0 Å². The van der Waals surface area contributed by atoms with E-state index in [1.807, 2.05) is 57.2 Å². The third-order valence-electron chi connectivity index (χ3n) is 3.79. The third kappa shape index (κ3) is 2.93. The van der Waals surface area contributed by atoms with Gasteiger partial charge in [-0.25, -0.2) is 0 Å². The van der Waals surface area contributed by atoms with E-state index in [0.29, 0.717) is 40.7 Å². The Morgan fingerprint density at radius 3 is 2.54 bits per heavy atom. The molecule has 0 fully saturated rings. The number of nitrogens with zero attached hydrogens (tertiary/aromatic N) is 1. The lowest BCUT2D eigenvalue weighted by molar-refractivity contribution is 0.335. The van der Waals surface area contributed by atoms with Crippen molar-refractivity contribution in [1.29, 1.82) is 0 Å². The normalized spacial score (nSPS) is 10.6. The first kappa shape index (κ1) is 15.9. The van der Waals surface area contributed by atoms with E-state index in [2.05, 4.69) is 10.2 Å². The van der Waals surface area contributed by atoms with E-state index in [4.69, 9.17) is 9.47 Å². The van der Waals surface area contributed by atoms with Gasteiger partial charge in [0, 0.05) is 11.1 Å². The first-order chi connectivity index (χ1) is 11.6. The second-order valence-corrected chi connectivity index (χ2v) is 5.46. The van der Waals surface area contributed by atoms with Crippen LogP contribution < -0.4 is 9.47 Å². The Morgan fingerprint density at radius 2 is 1.83 bits per heavy atom. The zero-order valence-electron chi connectivity index (χ0n) is 14.0. The summed E-state index contributed by atoms with van der Waals surface area (Å²) in [5, 5.41) is 17.8. The van der Waals surface area contributed by atoms with Gasteiger partial charge >= 0.3 is 0 Å². The minimum atomic E-state index is 0.144. The van der Waals surface area contributed by atoms with Crippen molar-refractivity contribution in [3.05, 3.63) is 53.7 Å². The molecule has 1 aromatic heterocycles. The van der Waals surface area contributed by atoms with Crippen molar-refractivity contribution in [2.45, 2.75) is 20.8 Å². The Morgan fingerprint density at radius 1 is 1.08 bits per heavy atom. The van der Waals surface area contributed by atoms with Crippen molar-refractivity contribution in [2.75, 3.05) is 6.61 Å². The quantitative estimate of drug-likeness (QED) is 0.720. The molecular weight excluding hydrogens is 304 g/mol. The number of para-hydroxylation sites is 1. The van der Waals surface area contributed by atoms with Gasteiger partial charge in [-0.1, -0.05) is 18.2 Å². The maximum absolute atomic E-state index is 10.6. The summed E-state index contributed by atoms with van der Waals surface area (Å²) in [6, 6.07) is 13.1. The Labute approximate surface area is 140 Å². The molecule has 2 N–H and O–H groups in total. The molecule has 0 spiro atoms. The van der Waals surface area contributed by atoms with Gasteiger partial charge in [-0.3, -0.25) is 5.10 Å². The van der Waals surface area contributed by atoms with Gasteiger partial charge in [0.05, 0.1) is 12.3 Å². The average Bonchev–Trinajstić information content (AvgIpc) is 2.94. The van der Waals surface area contributed by atoms with Gasteiger partial charge in [0.15, 0.2) is 5.75 Å². The van der Waals surface area contributed by atoms with Crippen LogP contribution >= 0.6 is 0 Å². The molecule has 2 aromatic carbocycles. The van der Waals surface area contributed by atoms with E-state index < -0.39 is 0 Å². The minimum Gasteiger partial charge on any atom is -0.507 e. The van der Waals surface area contributed by atoms with Crippen molar-refractivity contribution < 1.29 is 14.6 Å². The lowest BCUT2D eigenvalue weighted by Gasteiger charge is -2.12. The maximum atomic E-state index is 10.6. The number of hydrogen-bond acceptors (Lipinski definition) is 4. The van der Waals surface area contributed by atoms with E-state index in [9.17, 15) is 5.11 Å². The van der Waals surface area contributed by atoms with E-state index in [1.54, 1.807) is 6.07 Å². The summed E-state index contributed by atoms with van der Waals surface area (Å²) in [7, 11) is 0. The summed E-state index contributed by atoms with van der Waals surface area (Å²) in [5.41, 5.74) is 2.65. The molecule has 0 saturated carbocycles. The largest absolute Gasteiger partial charge is 0.507 e. The predicted molar refractivity (Wildman–Crippen MR) is 92.8 cm³/mol. The van der Waals surface area contributed by atoms with E-state index in [1.165, 1.54) is 0 Å². The number of phenols is 1. The second-order valence-electron chi connectivity index (χ2n) is 5.46. The van der Waals surface area contributed by atoms with E-state index in [-0.39, 0.29) is 5.75 Å². The first-order valence-corrected chi connectivity index (χ1v) is 7.85. The average molecular weight is 324 g/mol. The molecule has 0 saturated heterocycles. The molecule has 0 radical (unpaired) electrons. The molecule has 3 aromatic rings. The topological polar surface area (TPSA) is 67.4 Å². The summed E-state index contributed by atoms with van der Waals surface area (Å²) in [4.78, 5) is 0. The highest BCUT2D eigenvalue weighted by Crippen LogP contribution is 2.42. The highest BCUT2D eigenvalue weighted by molar-refractivity contribution is 5.76. The molecule has 24 heavy (non-hydrogen) atoms. The molecule has 124 valence electrons. The van der Waals surface area contributed by atoms with Crippen LogP contribution in [0.25, 0.3) is 11.3 Å². The number of aromatic amines is 1. The fourth-order valence-electron chi connectivity index (χ4n) is 2.52. The fraction of sp³-hybridized carbons (Fsp3) is 0.211. The molecule has 0 atom stereocenters.